The monoisotopic (exact) mass is 174 g/mol. The molecule has 0 aliphatic carbocycles. The molecule has 3 N–H and O–H groups in total. The van der Waals surface area contributed by atoms with Crippen LogP contribution in [0.4, 0.5) is 0 Å². The zero-order valence-electron chi connectivity index (χ0n) is 8.15. The molecule has 0 aliphatic rings. The van der Waals surface area contributed by atoms with Crippen LogP contribution in [0.5, 0.6) is 0 Å². The van der Waals surface area contributed by atoms with Gasteiger partial charge in [0.25, 0.3) is 0 Å². The van der Waals surface area contributed by atoms with E-state index in [0.717, 1.165) is 0 Å². The van der Waals surface area contributed by atoms with Gasteiger partial charge in [-0.2, -0.15) is 0 Å². The van der Waals surface area contributed by atoms with Crippen molar-refractivity contribution in [2.24, 2.45) is 0 Å². The summed E-state index contributed by atoms with van der Waals surface area (Å²) in [6, 6.07) is 6.50. The normalized spacial score (nSPS) is 8.85. The fourth-order valence-corrected chi connectivity index (χ4v) is 0.891. The third-order valence-corrected chi connectivity index (χ3v) is 1.66. The van der Waals surface area contributed by atoms with Gasteiger partial charge in [0.2, 0.25) is 0 Å². The van der Waals surface area contributed by atoms with Crippen LogP contribution in [0.3, 0.4) is 0 Å². The SMILES string of the molecule is OB(O)O.[Li][c]1ccc(C)cc1C. The van der Waals surface area contributed by atoms with Crippen molar-refractivity contribution in [3.8, 4) is 0 Å². The number of aryl methyl sites for hydroxylation is 2. The van der Waals surface area contributed by atoms with Gasteiger partial charge in [0.1, 0.15) is 0 Å². The summed E-state index contributed by atoms with van der Waals surface area (Å²) in [5, 5.41) is 21.5. The van der Waals surface area contributed by atoms with Crippen molar-refractivity contribution >= 4 is 29.3 Å². The molecule has 5 heteroatoms. The summed E-state index contributed by atoms with van der Waals surface area (Å²) in [5.41, 5.74) is 2.73. The number of rotatable bonds is 0. The van der Waals surface area contributed by atoms with Gasteiger partial charge in [0.05, 0.1) is 0 Å². The molecule has 0 spiro atoms. The number of hydrogen-bond donors (Lipinski definition) is 3. The summed E-state index contributed by atoms with van der Waals surface area (Å²) in [6.45, 7) is 4.26. The van der Waals surface area contributed by atoms with Gasteiger partial charge in [-0.15, -0.1) is 0 Å². The summed E-state index contributed by atoms with van der Waals surface area (Å²) in [6.07, 6.45) is 0. The van der Waals surface area contributed by atoms with Crippen molar-refractivity contribution in [1.82, 2.24) is 0 Å². The van der Waals surface area contributed by atoms with Crippen molar-refractivity contribution < 1.29 is 15.1 Å². The molecule has 0 amide bonds. The first-order chi connectivity index (χ1) is 5.93. The van der Waals surface area contributed by atoms with Crippen molar-refractivity contribution in [2.75, 3.05) is 0 Å². The van der Waals surface area contributed by atoms with Crippen LogP contribution >= 0.6 is 0 Å². The first-order valence-electron chi connectivity index (χ1n) is 4.01. The van der Waals surface area contributed by atoms with Crippen LogP contribution in [0.2, 0.25) is 0 Å². The van der Waals surface area contributed by atoms with E-state index in [1.165, 1.54) is 15.4 Å². The molecule has 0 bridgehead atoms. The second-order valence-electron chi connectivity index (χ2n) is 2.93. The van der Waals surface area contributed by atoms with E-state index in [1.54, 1.807) is 0 Å². The molecular weight excluding hydrogens is 162 g/mol. The Hall–Kier alpha value is -0.238. The molecule has 0 heterocycles. The van der Waals surface area contributed by atoms with Gasteiger partial charge < -0.3 is 15.1 Å². The third kappa shape index (κ3) is 6.88. The molecule has 0 aliphatic heterocycles. The maximum atomic E-state index is 7.17. The molecule has 1 rings (SSSR count). The molecule has 0 radical (unpaired) electrons. The second-order valence-corrected chi connectivity index (χ2v) is 2.93. The van der Waals surface area contributed by atoms with Crippen molar-refractivity contribution in [1.29, 1.82) is 0 Å². The molecule has 0 unspecified atom stereocenters. The zero-order chi connectivity index (χ0) is 10.4. The molecule has 3 nitrogen and oxygen atoms in total. The van der Waals surface area contributed by atoms with Crippen LogP contribution < -0.4 is 4.24 Å². The molecule has 0 atom stereocenters. The average Bonchev–Trinajstić information content (AvgIpc) is 1.96. The predicted molar refractivity (Wildman–Crippen MR) is 53.7 cm³/mol. The number of benzene rings is 1. The summed E-state index contributed by atoms with van der Waals surface area (Å²) in [5.74, 6) is 0. The molecule has 0 aromatic heterocycles. The van der Waals surface area contributed by atoms with Crippen molar-refractivity contribution in [3.63, 3.8) is 0 Å². The number of hydrogen-bond acceptors (Lipinski definition) is 3. The predicted octanol–water partition coefficient (Wildman–Crippen LogP) is -0.955. The topological polar surface area (TPSA) is 60.7 Å². The van der Waals surface area contributed by atoms with Crippen LogP contribution in [0.25, 0.3) is 0 Å². The second kappa shape index (κ2) is 6.25. The fourth-order valence-electron chi connectivity index (χ4n) is 0.891. The summed E-state index contributed by atoms with van der Waals surface area (Å²) in [7, 11) is -2.17. The van der Waals surface area contributed by atoms with E-state index < -0.39 is 7.32 Å². The Morgan fingerprint density at radius 2 is 1.62 bits per heavy atom. The molecule has 0 saturated carbocycles. The zero-order valence-corrected chi connectivity index (χ0v) is 8.15. The van der Waals surface area contributed by atoms with Gasteiger partial charge in [-0.25, -0.2) is 0 Å². The van der Waals surface area contributed by atoms with Crippen LogP contribution in [-0.2, 0) is 0 Å². The van der Waals surface area contributed by atoms with E-state index in [4.69, 9.17) is 15.1 Å². The Morgan fingerprint density at radius 3 is 1.92 bits per heavy atom. The van der Waals surface area contributed by atoms with Crippen LogP contribution in [0.1, 0.15) is 11.1 Å². The molecule has 0 fully saturated rings. The minimum atomic E-state index is -2.17. The van der Waals surface area contributed by atoms with Crippen LogP contribution in [-0.4, -0.2) is 40.1 Å². The Labute approximate surface area is 87.8 Å². The van der Waals surface area contributed by atoms with Gasteiger partial charge in [-0.05, 0) is 0 Å². The fraction of sp³-hybridized carbons (Fsp3) is 0.250. The summed E-state index contributed by atoms with van der Waals surface area (Å²) in [4.78, 5) is 0. The molecule has 13 heavy (non-hydrogen) atoms. The Morgan fingerprint density at radius 1 is 1.15 bits per heavy atom. The Kier molecular flexibility index (Phi) is 6.14. The van der Waals surface area contributed by atoms with E-state index in [0.29, 0.717) is 0 Å². The molecule has 66 valence electrons. The standard InChI is InChI=1S/C8H9.BH3O3.Li/c1-7-4-3-5-8(2)6-7;2-1(3)4;/h3-4,6H,1-2H3;2-4H;. The van der Waals surface area contributed by atoms with Crippen molar-refractivity contribution in [3.05, 3.63) is 29.3 Å². The van der Waals surface area contributed by atoms with Gasteiger partial charge in [-0.3, -0.25) is 0 Å². The van der Waals surface area contributed by atoms with Gasteiger partial charge in [0.15, 0.2) is 0 Å². The van der Waals surface area contributed by atoms with E-state index in [-0.39, 0.29) is 0 Å². The summed E-state index contributed by atoms with van der Waals surface area (Å²) < 4.78 is 1.38. The van der Waals surface area contributed by atoms with Gasteiger partial charge in [-0.1, -0.05) is 0 Å². The molecule has 1 aromatic rings. The van der Waals surface area contributed by atoms with Gasteiger partial charge in [0, 0.05) is 0 Å². The summed E-state index contributed by atoms with van der Waals surface area (Å²) >= 11 is 2.13. The maximum absolute atomic E-state index is 7.17. The quantitative estimate of drug-likeness (QED) is 0.444. The Balaban J connectivity index is 0.000000310. The van der Waals surface area contributed by atoms with E-state index in [2.05, 4.69) is 49.8 Å². The van der Waals surface area contributed by atoms with E-state index in [1.807, 2.05) is 0 Å². The van der Waals surface area contributed by atoms with Crippen LogP contribution in [0.15, 0.2) is 18.2 Å². The first kappa shape index (κ1) is 12.8. The first-order valence-corrected chi connectivity index (χ1v) is 4.01. The minimum absolute atomic E-state index is 1.35. The Bertz CT molecular complexity index is 263. The van der Waals surface area contributed by atoms with E-state index in [9.17, 15) is 0 Å². The molecular formula is C8H12BLiO3. The average molecular weight is 174 g/mol. The molecule has 0 saturated heterocycles. The van der Waals surface area contributed by atoms with Crippen LogP contribution in [0, 0.1) is 13.8 Å². The third-order valence-electron chi connectivity index (χ3n) is 1.66. The van der Waals surface area contributed by atoms with Crippen molar-refractivity contribution in [2.45, 2.75) is 13.8 Å². The van der Waals surface area contributed by atoms with E-state index >= 15 is 0 Å². The van der Waals surface area contributed by atoms with Gasteiger partial charge >= 0.3 is 72.4 Å². The molecule has 1 aromatic carbocycles.